The highest BCUT2D eigenvalue weighted by Gasteiger charge is 2.07. The van der Waals surface area contributed by atoms with Gasteiger partial charge in [-0.15, -0.1) is 0 Å². The van der Waals surface area contributed by atoms with Crippen LogP contribution < -0.4 is 5.32 Å². The average molecular weight is 335 g/mol. The Kier molecular flexibility index (Phi) is 6.68. The SMILES string of the molecule is CC(CO)CCCNC(=O)c1cc(Cl)cc(Br)c1. The van der Waals surface area contributed by atoms with E-state index in [4.69, 9.17) is 16.7 Å². The van der Waals surface area contributed by atoms with Gasteiger partial charge in [-0.05, 0) is 37.0 Å². The largest absolute Gasteiger partial charge is 0.396 e. The lowest BCUT2D eigenvalue weighted by molar-refractivity contribution is 0.0952. The molecule has 1 amide bonds. The standard InChI is InChI=1S/C13H17BrClNO2/c1-9(8-17)3-2-4-16-13(18)10-5-11(14)7-12(15)6-10/h5-7,9,17H,2-4,8H2,1H3,(H,16,18). The summed E-state index contributed by atoms with van der Waals surface area (Å²) < 4.78 is 0.786. The van der Waals surface area contributed by atoms with Gasteiger partial charge < -0.3 is 10.4 Å². The van der Waals surface area contributed by atoms with Crippen LogP contribution in [-0.4, -0.2) is 24.2 Å². The number of carbonyl (C=O) groups is 1. The van der Waals surface area contributed by atoms with Crippen molar-refractivity contribution >= 4 is 33.4 Å². The second kappa shape index (κ2) is 7.77. The minimum atomic E-state index is -0.130. The number of benzene rings is 1. The molecule has 0 aliphatic carbocycles. The fraction of sp³-hybridized carbons (Fsp3) is 0.462. The number of carbonyl (C=O) groups excluding carboxylic acids is 1. The quantitative estimate of drug-likeness (QED) is 0.785. The Morgan fingerprint density at radius 2 is 2.22 bits per heavy atom. The number of hydrogen-bond acceptors (Lipinski definition) is 2. The molecule has 18 heavy (non-hydrogen) atoms. The van der Waals surface area contributed by atoms with Gasteiger partial charge in [0.15, 0.2) is 0 Å². The number of halogens is 2. The summed E-state index contributed by atoms with van der Waals surface area (Å²) in [7, 11) is 0. The molecule has 0 aliphatic rings. The summed E-state index contributed by atoms with van der Waals surface area (Å²) in [6.45, 7) is 2.78. The fourth-order valence-corrected chi connectivity index (χ4v) is 2.39. The predicted molar refractivity (Wildman–Crippen MR) is 77.0 cm³/mol. The molecule has 3 nitrogen and oxygen atoms in total. The van der Waals surface area contributed by atoms with Crippen LogP contribution in [0.15, 0.2) is 22.7 Å². The van der Waals surface area contributed by atoms with E-state index in [1.165, 1.54) is 0 Å². The molecule has 1 rings (SSSR count). The third-order valence-corrected chi connectivity index (χ3v) is 3.27. The lowest BCUT2D eigenvalue weighted by Crippen LogP contribution is -2.24. The van der Waals surface area contributed by atoms with Gasteiger partial charge in [0.2, 0.25) is 0 Å². The molecule has 1 unspecified atom stereocenters. The first-order chi connectivity index (χ1) is 8.52. The molecule has 0 aliphatic heterocycles. The van der Waals surface area contributed by atoms with E-state index in [9.17, 15) is 4.79 Å². The molecule has 1 aromatic carbocycles. The lowest BCUT2D eigenvalue weighted by Gasteiger charge is -2.09. The minimum absolute atomic E-state index is 0.130. The summed E-state index contributed by atoms with van der Waals surface area (Å²) >= 11 is 9.18. The van der Waals surface area contributed by atoms with Crippen molar-refractivity contribution in [1.29, 1.82) is 0 Å². The molecule has 0 heterocycles. The highest BCUT2D eigenvalue weighted by atomic mass is 79.9. The second-order valence-electron chi connectivity index (χ2n) is 4.34. The Hall–Kier alpha value is -0.580. The fourth-order valence-electron chi connectivity index (χ4n) is 1.53. The normalized spacial score (nSPS) is 12.2. The van der Waals surface area contributed by atoms with E-state index in [1.54, 1.807) is 18.2 Å². The number of amides is 1. The molecule has 5 heteroatoms. The van der Waals surface area contributed by atoms with Gasteiger partial charge in [0.05, 0.1) is 0 Å². The molecule has 0 saturated carbocycles. The zero-order valence-electron chi connectivity index (χ0n) is 10.2. The maximum Gasteiger partial charge on any atom is 0.251 e. The van der Waals surface area contributed by atoms with Crippen molar-refractivity contribution < 1.29 is 9.90 Å². The van der Waals surface area contributed by atoms with Gasteiger partial charge in [-0.25, -0.2) is 0 Å². The Morgan fingerprint density at radius 3 is 2.83 bits per heavy atom. The Bertz CT molecular complexity index is 392. The van der Waals surface area contributed by atoms with Crippen molar-refractivity contribution in [3.8, 4) is 0 Å². The van der Waals surface area contributed by atoms with E-state index >= 15 is 0 Å². The van der Waals surface area contributed by atoms with Crippen LogP contribution in [-0.2, 0) is 0 Å². The summed E-state index contributed by atoms with van der Waals surface area (Å²) in [6, 6.07) is 5.11. The van der Waals surface area contributed by atoms with Crippen LogP contribution in [0.5, 0.6) is 0 Å². The van der Waals surface area contributed by atoms with Crippen LogP contribution in [0, 0.1) is 5.92 Å². The number of hydrogen-bond donors (Lipinski definition) is 2. The van der Waals surface area contributed by atoms with Crippen LogP contribution in [0.25, 0.3) is 0 Å². The van der Waals surface area contributed by atoms with Gasteiger partial charge in [0.25, 0.3) is 5.91 Å². The van der Waals surface area contributed by atoms with Crippen LogP contribution in [0.1, 0.15) is 30.1 Å². The van der Waals surface area contributed by atoms with E-state index in [0.29, 0.717) is 17.1 Å². The summed E-state index contributed by atoms with van der Waals surface area (Å²) in [5, 5.41) is 12.2. The highest BCUT2D eigenvalue weighted by Crippen LogP contribution is 2.19. The van der Waals surface area contributed by atoms with Crippen LogP contribution in [0.3, 0.4) is 0 Å². The topological polar surface area (TPSA) is 49.3 Å². The lowest BCUT2D eigenvalue weighted by atomic mass is 10.1. The molecule has 1 aromatic rings. The molecular formula is C13H17BrClNO2. The third kappa shape index (κ3) is 5.38. The van der Waals surface area contributed by atoms with Gasteiger partial charge >= 0.3 is 0 Å². The van der Waals surface area contributed by atoms with Crippen molar-refractivity contribution in [2.24, 2.45) is 5.92 Å². The molecule has 0 fully saturated rings. The van der Waals surface area contributed by atoms with E-state index in [2.05, 4.69) is 21.2 Å². The average Bonchev–Trinajstić information content (AvgIpc) is 2.32. The smallest absolute Gasteiger partial charge is 0.251 e. The first-order valence-electron chi connectivity index (χ1n) is 5.88. The molecule has 1 atom stereocenters. The number of aliphatic hydroxyl groups excluding tert-OH is 1. The summed E-state index contributed by atoms with van der Waals surface area (Å²) in [4.78, 5) is 11.8. The molecular weight excluding hydrogens is 318 g/mol. The number of aliphatic hydroxyl groups is 1. The molecule has 0 radical (unpaired) electrons. The Balaban J connectivity index is 2.41. The Morgan fingerprint density at radius 1 is 1.50 bits per heavy atom. The van der Waals surface area contributed by atoms with Crippen molar-refractivity contribution in [1.82, 2.24) is 5.32 Å². The summed E-state index contributed by atoms with van der Waals surface area (Å²) in [6.07, 6.45) is 1.76. The number of nitrogens with one attached hydrogen (secondary N) is 1. The van der Waals surface area contributed by atoms with Crippen LogP contribution >= 0.6 is 27.5 Å². The van der Waals surface area contributed by atoms with Gasteiger partial charge in [-0.1, -0.05) is 34.5 Å². The third-order valence-electron chi connectivity index (χ3n) is 2.60. The van der Waals surface area contributed by atoms with E-state index in [-0.39, 0.29) is 18.4 Å². The first-order valence-corrected chi connectivity index (χ1v) is 7.05. The summed E-state index contributed by atoms with van der Waals surface area (Å²) in [5.41, 5.74) is 0.546. The highest BCUT2D eigenvalue weighted by molar-refractivity contribution is 9.10. The van der Waals surface area contributed by atoms with E-state index in [0.717, 1.165) is 17.3 Å². The predicted octanol–water partition coefficient (Wildman–Crippen LogP) is 3.24. The monoisotopic (exact) mass is 333 g/mol. The van der Waals surface area contributed by atoms with Crippen LogP contribution in [0.2, 0.25) is 5.02 Å². The van der Waals surface area contributed by atoms with E-state index in [1.807, 2.05) is 6.92 Å². The van der Waals surface area contributed by atoms with Gasteiger partial charge in [0.1, 0.15) is 0 Å². The molecule has 0 spiro atoms. The Labute approximate surface area is 121 Å². The van der Waals surface area contributed by atoms with Crippen molar-refractivity contribution in [2.75, 3.05) is 13.2 Å². The van der Waals surface area contributed by atoms with Gasteiger partial charge in [0, 0.05) is 28.2 Å². The number of rotatable bonds is 6. The molecule has 0 aromatic heterocycles. The van der Waals surface area contributed by atoms with Crippen molar-refractivity contribution in [2.45, 2.75) is 19.8 Å². The van der Waals surface area contributed by atoms with Crippen LogP contribution in [0.4, 0.5) is 0 Å². The zero-order valence-corrected chi connectivity index (χ0v) is 12.6. The molecule has 100 valence electrons. The first kappa shape index (κ1) is 15.5. The molecule has 0 bridgehead atoms. The molecule has 0 saturated heterocycles. The molecule has 2 N–H and O–H groups in total. The zero-order chi connectivity index (χ0) is 13.5. The van der Waals surface area contributed by atoms with Gasteiger partial charge in [-0.3, -0.25) is 4.79 Å². The minimum Gasteiger partial charge on any atom is -0.396 e. The summed E-state index contributed by atoms with van der Waals surface area (Å²) in [5.74, 6) is 0.150. The van der Waals surface area contributed by atoms with Crippen molar-refractivity contribution in [3.63, 3.8) is 0 Å². The second-order valence-corrected chi connectivity index (χ2v) is 5.70. The maximum absolute atomic E-state index is 11.8. The van der Waals surface area contributed by atoms with Crippen molar-refractivity contribution in [3.05, 3.63) is 33.3 Å². The van der Waals surface area contributed by atoms with Gasteiger partial charge in [-0.2, -0.15) is 0 Å². The maximum atomic E-state index is 11.8. The van der Waals surface area contributed by atoms with E-state index < -0.39 is 0 Å².